The van der Waals surface area contributed by atoms with Gasteiger partial charge in [0.1, 0.15) is 0 Å². The van der Waals surface area contributed by atoms with Crippen LogP contribution in [0.2, 0.25) is 0 Å². The first-order chi connectivity index (χ1) is 9.33. The van der Waals surface area contributed by atoms with Crippen molar-refractivity contribution in [1.29, 1.82) is 0 Å². The minimum absolute atomic E-state index is 0.174. The monoisotopic (exact) mass is 299 g/mol. The fourth-order valence-electron chi connectivity index (χ4n) is 1.70. The maximum absolute atomic E-state index is 12.1. The van der Waals surface area contributed by atoms with Crippen LogP contribution in [0, 0.1) is 6.92 Å². The number of amides is 1. The molecule has 0 aromatic heterocycles. The van der Waals surface area contributed by atoms with Crippen molar-refractivity contribution in [3.63, 3.8) is 0 Å². The summed E-state index contributed by atoms with van der Waals surface area (Å²) in [5.74, 6) is -0.222. The molecular formula is C13H21N3O3S. The lowest BCUT2D eigenvalue weighted by molar-refractivity contribution is 0.0955. The standard InChI is InChI=1S/C13H21N3O3S/c1-4-14-12-6-5-10(2)9-11(12)13(17)15-7-8-16-20(3,18)19/h5-6,9,14,16H,4,7-8H2,1-3H3,(H,15,17). The van der Waals surface area contributed by atoms with Gasteiger partial charge in [0.25, 0.3) is 5.91 Å². The van der Waals surface area contributed by atoms with E-state index in [2.05, 4.69) is 15.4 Å². The van der Waals surface area contributed by atoms with Gasteiger partial charge in [-0.25, -0.2) is 13.1 Å². The third kappa shape index (κ3) is 5.58. The average Bonchev–Trinajstić information content (AvgIpc) is 2.35. The molecule has 0 saturated carbocycles. The van der Waals surface area contributed by atoms with Gasteiger partial charge >= 0.3 is 0 Å². The van der Waals surface area contributed by atoms with E-state index in [-0.39, 0.29) is 19.0 Å². The molecule has 0 fully saturated rings. The van der Waals surface area contributed by atoms with Gasteiger partial charge in [-0.2, -0.15) is 0 Å². The molecule has 3 N–H and O–H groups in total. The maximum atomic E-state index is 12.1. The summed E-state index contributed by atoms with van der Waals surface area (Å²) in [6.45, 7) is 5.01. The second-order valence-electron chi connectivity index (χ2n) is 4.50. The maximum Gasteiger partial charge on any atom is 0.253 e. The molecule has 112 valence electrons. The highest BCUT2D eigenvalue weighted by Crippen LogP contribution is 2.17. The number of aryl methyl sites for hydroxylation is 1. The van der Waals surface area contributed by atoms with Crippen molar-refractivity contribution in [2.75, 3.05) is 31.2 Å². The van der Waals surface area contributed by atoms with E-state index < -0.39 is 10.0 Å². The van der Waals surface area contributed by atoms with Crippen molar-refractivity contribution in [1.82, 2.24) is 10.0 Å². The topological polar surface area (TPSA) is 87.3 Å². The van der Waals surface area contributed by atoms with Crippen molar-refractivity contribution in [3.05, 3.63) is 29.3 Å². The van der Waals surface area contributed by atoms with Gasteiger partial charge in [-0.15, -0.1) is 0 Å². The van der Waals surface area contributed by atoms with Crippen LogP contribution in [0.5, 0.6) is 0 Å². The van der Waals surface area contributed by atoms with E-state index in [1.807, 2.05) is 26.0 Å². The number of anilines is 1. The highest BCUT2D eigenvalue weighted by molar-refractivity contribution is 7.88. The third-order valence-electron chi connectivity index (χ3n) is 2.56. The van der Waals surface area contributed by atoms with Gasteiger partial charge in [0.2, 0.25) is 10.0 Å². The fraction of sp³-hybridized carbons (Fsp3) is 0.462. The van der Waals surface area contributed by atoms with E-state index in [1.165, 1.54) is 0 Å². The molecule has 1 rings (SSSR count). The molecule has 1 aromatic carbocycles. The highest BCUT2D eigenvalue weighted by atomic mass is 32.2. The number of nitrogens with one attached hydrogen (secondary N) is 3. The minimum atomic E-state index is -3.22. The summed E-state index contributed by atoms with van der Waals surface area (Å²) in [6.07, 6.45) is 1.08. The summed E-state index contributed by atoms with van der Waals surface area (Å²) in [5.41, 5.74) is 2.32. The largest absolute Gasteiger partial charge is 0.385 e. The van der Waals surface area contributed by atoms with Crippen LogP contribution in [0.4, 0.5) is 5.69 Å². The Balaban J connectivity index is 2.65. The zero-order chi connectivity index (χ0) is 15.2. The Labute approximate surface area is 120 Å². The number of sulfonamides is 1. The SMILES string of the molecule is CCNc1ccc(C)cc1C(=O)NCCNS(C)(=O)=O. The zero-order valence-electron chi connectivity index (χ0n) is 12.0. The lowest BCUT2D eigenvalue weighted by Gasteiger charge is -2.12. The Morgan fingerprint density at radius 2 is 1.95 bits per heavy atom. The molecule has 0 aliphatic rings. The molecule has 0 spiro atoms. The molecular weight excluding hydrogens is 278 g/mol. The lowest BCUT2D eigenvalue weighted by Crippen LogP contribution is -2.34. The smallest absolute Gasteiger partial charge is 0.253 e. The van der Waals surface area contributed by atoms with Crippen LogP contribution in [-0.4, -0.2) is 40.2 Å². The molecule has 7 heteroatoms. The molecule has 1 aromatic rings. The van der Waals surface area contributed by atoms with Gasteiger partial charge in [0.05, 0.1) is 11.8 Å². The molecule has 0 aliphatic heterocycles. The van der Waals surface area contributed by atoms with E-state index in [1.54, 1.807) is 6.07 Å². The van der Waals surface area contributed by atoms with Crippen molar-refractivity contribution < 1.29 is 13.2 Å². The normalized spacial score (nSPS) is 11.2. The number of benzene rings is 1. The molecule has 0 bridgehead atoms. The van der Waals surface area contributed by atoms with Gasteiger partial charge in [0.15, 0.2) is 0 Å². The Hall–Kier alpha value is -1.60. The first kappa shape index (κ1) is 16.5. The van der Waals surface area contributed by atoms with Crippen LogP contribution >= 0.6 is 0 Å². The van der Waals surface area contributed by atoms with Gasteiger partial charge in [0, 0.05) is 25.3 Å². The minimum Gasteiger partial charge on any atom is -0.385 e. The number of rotatable bonds is 7. The number of hydrogen-bond donors (Lipinski definition) is 3. The molecule has 0 aliphatic carbocycles. The van der Waals surface area contributed by atoms with Crippen LogP contribution in [0.25, 0.3) is 0 Å². The highest BCUT2D eigenvalue weighted by Gasteiger charge is 2.11. The summed E-state index contributed by atoms with van der Waals surface area (Å²) < 4.78 is 24.1. The van der Waals surface area contributed by atoms with Crippen LogP contribution in [0.1, 0.15) is 22.8 Å². The second kappa shape index (κ2) is 7.25. The van der Waals surface area contributed by atoms with Crippen molar-refractivity contribution in [2.24, 2.45) is 0 Å². The first-order valence-electron chi connectivity index (χ1n) is 6.41. The summed E-state index contributed by atoms with van der Waals surface area (Å²) in [4.78, 5) is 12.1. The third-order valence-corrected chi connectivity index (χ3v) is 3.29. The Morgan fingerprint density at radius 3 is 2.55 bits per heavy atom. The molecule has 0 heterocycles. The van der Waals surface area contributed by atoms with E-state index in [9.17, 15) is 13.2 Å². The molecule has 0 unspecified atom stereocenters. The average molecular weight is 299 g/mol. The lowest BCUT2D eigenvalue weighted by atomic mass is 10.1. The molecule has 0 saturated heterocycles. The number of hydrogen-bond acceptors (Lipinski definition) is 4. The molecule has 1 amide bonds. The van der Waals surface area contributed by atoms with Crippen LogP contribution < -0.4 is 15.4 Å². The van der Waals surface area contributed by atoms with Crippen LogP contribution in [0.15, 0.2) is 18.2 Å². The Bertz CT molecular complexity index is 570. The summed E-state index contributed by atoms with van der Waals surface area (Å²) in [5, 5.41) is 5.82. The fourth-order valence-corrected chi connectivity index (χ4v) is 2.17. The van der Waals surface area contributed by atoms with E-state index in [0.717, 1.165) is 24.1 Å². The number of carbonyl (C=O) groups excluding carboxylic acids is 1. The van der Waals surface area contributed by atoms with E-state index >= 15 is 0 Å². The quantitative estimate of drug-likeness (QED) is 0.647. The van der Waals surface area contributed by atoms with Gasteiger partial charge in [-0.1, -0.05) is 11.6 Å². The summed E-state index contributed by atoms with van der Waals surface area (Å²) in [7, 11) is -3.22. The first-order valence-corrected chi connectivity index (χ1v) is 8.30. The van der Waals surface area contributed by atoms with Gasteiger partial charge < -0.3 is 10.6 Å². The van der Waals surface area contributed by atoms with Gasteiger partial charge in [-0.3, -0.25) is 4.79 Å². The molecule has 6 nitrogen and oxygen atoms in total. The van der Waals surface area contributed by atoms with Crippen molar-refractivity contribution >= 4 is 21.6 Å². The van der Waals surface area contributed by atoms with Crippen molar-refractivity contribution in [2.45, 2.75) is 13.8 Å². The zero-order valence-corrected chi connectivity index (χ0v) is 12.8. The molecule has 20 heavy (non-hydrogen) atoms. The van der Waals surface area contributed by atoms with E-state index in [0.29, 0.717) is 5.56 Å². The van der Waals surface area contributed by atoms with E-state index in [4.69, 9.17) is 0 Å². The molecule has 0 radical (unpaired) electrons. The Morgan fingerprint density at radius 1 is 1.25 bits per heavy atom. The number of carbonyl (C=O) groups is 1. The van der Waals surface area contributed by atoms with Crippen molar-refractivity contribution in [3.8, 4) is 0 Å². The predicted octanol–water partition coefficient (Wildman–Crippen LogP) is 0.706. The Kier molecular flexibility index (Phi) is 5.97. The predicted molar refractivity (Wildman–Crippen MR) is 80.5 cm³/mol. The van der Waals surface area contributed by atoms with Gasteiger partial charge in [-0.05, 0) is 26.0 Å². The summed E-state index contributed by atoms with van der Waals surface area (Å²) in [6, 6.07) is 5.60. The van der Waals surface area contributed by atoms with Crippen LogP contribution in [0.3, 0.4) is 0 Å². The second-order valence-corrected chi connectivity index (χ2v) is 6.33. The molecule has 0 atom stereocenters. The summed E-state index contributed by atoms with van der Waals surface area (Å²) >= 11 is 0. The van der Waals surface area contributed by atoms with Crippen LogP contribution in [-0.2, 0) is 10.0 Å².